The molecular formula is C26H15ClF2N2O2. The van der Waals surface area contributed by atoms with Crippen molar-refractivity contribution in [3.63, 3.8) is 0 Å². The van der Waals surface area contributed by atoms with Crippen molar-refractivity contribution in [1.82, 2.24) is 4.98 Å². The van der Waals surface area contributed by atoms with Crippen LogP contribution in [0.2, 0.25) is 5.02 Å². The minimum atomic E-state index is -1.05. The van der Waals surface area contributed by atoms with Crippen molar-refractivity contribution < 1.29 is 18.0 Å². The highest BCUT2D eigenvalue weighted by molar-refractivity contribution is 6.33. The fourth-order valence-corrected chi connectivity index (χ4v) is 3.69. The Kier molecular flexibility index (Phi) is 5.36. The summed E-state index contributed by atoms with van der Waals surface area (Å²) in [6, 6.07) is 23.9. The van der Waals surface area contributed by atoms with Gasteiger partial charge in [-0.2, -0.15) is 0 Å². The quantitative estimate of drug-likeness (QED) is 0.285. The van der Waals surface area contributed by atoms with Gasteiger partial charge < -0.3 is 9.73 Å². The largest absolute Gasteiger partial charge is 0.436 e. The lowest BCUT2D eigenvalue weighted by atomic mass is 10.0. The molecule has 5 rings (SSSR count). The number of fused-ring (bicyclic) bond motifs is 1. The van der Waals surface area contributed by atoms with E-state index in [1.165, 1.54) is 0 Å². The van der Waals surface area contributed by atoms with Crippen LogP contribution in [0.4, 0.5) is 14.5 Å². The Morgan fingerprint density at radius 3 is 2.30 bits per heavy atom. The molecule has 4 aromatic carbocycles. The van der Waals surface area contributed by atoms with E-state index in [4.69, 9.17) is 16.0 Å². The molecule has 0 fully saturated rings. The summed E-state index contributed by atoms with van der Waals surface area (Å²) in [5, 5.41) is 2.81. The number of nitrogens with zero attached hydrogens (tertiary/aromatic N) is 1. The summed E-state index contributed by atoms with van der Waals surface area (Å²) < 4.78 is 32.6. The number of hydrogen-bond acceptors (Lipinski definition) is 3. The van der Waals surface area contributed by atoms with Gasteiger partial charge in [-0.05, 0) is 53.6 Å². The Bertz CT molecular complexity index is 1480. The van der Waals surface area contributed by atoms with E-state index >= 15 is 0 Å². The van der Waals surface area contributed by atoms with Crippen LogP contribution in [0.5, 0.6) is 0 Å². The lowest BCUT2D eigenvalue weighted by Crippen LogP contribution is -2.11. The summed E-state index contributed by atoms with van der Waals surface area (Å²) in [6.45, 7) is 0. The first kappa shape index (κ1) is 20.8. The number of carbonyl (C=O) groups excluding carboxylic acids is 1. The maximum absolute atomic E-state index is 13.6. The molecule has 162 valence electrons. The molecule has 0 aliphatic carbocycles. The number of amides is 1. The summed E-state index contributed by atoms with van der Waals surface area (Å²) >= 11 is 6.02. The van der Waals surface area contributed by atoms with E-state index in [0.29, 0.717) is 22.4 Å². The number of hydrogen-bond donors (Lipinski definition) is 1. The van der Waals surface area contributed by atoms with Gasteiger partial charge in [-0.15, -0.1) is 0 Å². The third kappa shape index (κ3) is 4.21. The summed E-state index contributed by atoms with van der Waals surface area (Å²) in [5.41, 5.74) is 4.08. The third-order valence-electron chi connectivity index (χ3n) is 5.14. The fourth-order valence-electron chi connectivity index (χ4n) is 3.45. The number of anilines is 1. The Morgan fingerprint density at radius 1 is 0.848 bits per heavy atom. The molecule has 7 heteroatoms. The molecule has 5 aromatic rings. The van der Waals surface area contributed by atoms with Crippen LogP contribution in [0.25, 0.3) is 33.7 Å². The molecule has 0 bridgehead atoms. The molecule has 0 aliphatic rings. The third-order valence-corrected chi connectivity index (χ3v) is 5.45. The molecule has 0 atom stereocenters. The first-order chi connectivity index (χ1) is 16.0. The summed E-state index contributed by atoms with van der Waals surface area (Å²) in [7, 11) is 0. The first-order valence-corrected chi connectivity index (χ1v) is 10.4. The minimum Gasteiger partial charge on any atom is -0.436 e. The molecule has 1 amide bonds. The predicted molar refractivity (Wildman–Crippen MR) is 124 cm³/mol. The van der Waals surface area contributed by atoms with E-state index in [2.05, 4.69) is 10.3 Å². The van der Waals surface area contributed by atoms with Gasteiger partial charge in [0.25, 0.3) is 5.91 Å². The molecule has 0 spiro atoms. The van der Waals surface area contributed by atoms with Crippen LogP contribution in [-0.4, -0.2) is 10.9 Å². The van der Waals surface area contributed by atoms with Crippen LogP contribution >= 0.6 is 11.6 Å². The second kappa shape index (κ2) is 8.48. The fraction of sp³-hybridized carbons (Fsp3) is 0. The zero-order valence-electron chi connectivity index (χ0n) is 17.0. The van der Waals surface area contributed by atoms with Gasteiger partial charge in [-0.1, -0.05) is 54.1 Å². The van der Waals surface area contributed by atoms with Gasteiger partial charge in [-0.25, -0.2) is 13.8 Å². The standard InChI is InChI=1S/C26H15ClF2N2O2/c27-20-14-22(29)21(28)13-19(20)26-31-23-12-18(10-11-24(23)33-26)30-25(32)17-8-6-16(7-9-17)15-4-2-1-3-5-15/h1-14H,(H,30,32). The van der Waals surface area contributed by atoms with Crippen LogP contribution < -0.4 is 5.32 Å². The molecule has 33 heavy (non-hydrogen) atoms. The van der Waals surface area contributed by atoms with Crippen molar-refractivity contribution in [2.24, 2.45) is 0 Å². The normalized spacial score (nSPS) is 11.0. The highest BCUT2D eigenvalue weighted by atomic mass is 35.5. The number of carbonyl (C=O) groups is 1. The Morgan fingerprint density at radius 2 is 1.55 bits per heavy atom. The number of aromatic nitrogens is 1. The lowest BCUT2D eigenvalue weighted by Gasteiger charge is -2.06. The molecule has 0 saturated carbocycles. The molecule has 0 radical (unpaired) electrons. The van der Waals surface area contributed by atoms with E-state index in [0.717, 1.165) is 23.3 Å². The van der Waals surface area contributed by atoms with E-state index in [1.807, 2.05) is 42.5 Å². The van der Waals surface area contributed by atoms with Crippen molar-refractivity contribution >= 4 is 34.3 Å². The van der Waals surface area contributed by atoms with E-state index in [9.17, 15) is 13.6 Å². The molecule has 0 aliphatic heterocycles. The van der Waals surface area contributed by atoms with Gasteiger partial charge in [-0.3, -0.25) is 4.79 Å². The lowest BCUT2D eigenvalue weighted by molar-refractivity contribution is 0.102. The zero-order chi connectivity index (χ0) is 22.9. The number of rotatable bonds is 4. The molecule has 4 nitrogen and oxygen atoms in total. The molecule has 0 saturated heterocycles. The Balaban J connectivity index is 1.37. The van der Waals surface area contributed by atoms with Crippen LogP contribution in [0.1, 0.15) is 10.4 Å². The molecule has 1 heterocycles. The van der Waals surface area contributed by atoms with Crippen molar-refractivity contribution in [3.8, 4) is 22.6 Å². The predicted octanol–water partition coefficient (Wildman–Crippen LogP) is 7.35. The maximum Gasteiger partial charge on any atom is 0.255 e. The van der Waals surface area contributed by atoms with Gasteiger partial charge in [0, 0.05) is 11.3 Å². The van der Waals surface area contributed by atoms with E-state index in [1.54, 1.807) is 30.3 Å². The Hall–Kier alpha value is -4.03. The van der Waals surface area contributed by atoms with Gasteiger partial charge in [0.05, 0.1) is 10.6 Å². The van der Waals surface area contributed by atoms with Gasteiger partial charge >= 0.3 is 0 Å². The molecular weight excluding hydrogens is 446 g/mol. The van der Waals surface area contributed by atoms with Crippen LogP contribution in [-0.2, 0) is 0 Å². The van der Waals surface area contributed by atoms with Crippen molar-refractivity contribution in [2.75, 3.05) is 5.32 Å². The average molecular weight is 461 g/mol. The van der Waals surface area contributed by atoms with Crippen molar-refractivity contribution in [2.45, 2.75) is 0 Å². The second-order valence-corrected chi connectivity index (χ2v) is 7.75. The topological polar surface area (TPSA) is 55.1 Å². The average Bonchev–Trinajstić information content (AvgIpc) is 3.25. The molecule has 0 unspecified atom stereocenters. The first-order valence-electron chi connectivity index (χ1n) is 10.0. The van der Waals surface area contributed by atoms with Crippen LogP contribution in [0.15, 0.2) is 89.3 Å². The highest BCUT2D eigenvalue weighted by Gasteiger charge is 2.16. The SMILES string of the molecule is O=C(Nc1ccc2oc(-c3cc(F)c(F)cc3Cl)nc2c1)c1ccc(-c2ccccc2)cc1. The van der Waals surface area contributed by atoms with E-state index < -0.39 is 11.6 Å². The molecule has 1 N–H and O–H groups in total. The molecule has 1 aromatic heterocycles. The highest BCUT2D eigenvalue weighted by Crippen LogP contribution is 2.32. The van der Waals surface area contributed by atoms with Crippen LogP contribution in [0, 0.1) is 11.6 Å². The summed E-state index contributed by atoms with van der Waals surface area (Å²) in [5.74, 6) is -2.33. The number of halogens is 3. The number of benzene rings is 4. The van der Waals surface area contributed by atoms with Gasteiger partial charge in [0.2, 0.25) is 5.89 Å². The second-order valence-electron chi connectivity index (χ2n) is 7.35. The van der Waals surface area contributed by atoms with Gasteiger partial charge in [0.15, 0.2) is 17.2 Å². The Labute approximate surface area is 192 Å². The maximum atomic E-state index is 13.6. The minimum absolute atomic E-state index is 0.0204. The summed E-state index contributed by atoms with van der Waals surface area (Å²) in [4.78, 5) is 17.0. The van der Waals surface area contributed by atoms with Crippen molar-refractivity contribution in [3.05, 3.63) is 107 Å². The van der Waals surface area contributed by atoms with Crippen LogP contribution in [0.3, 0.4) is 0 Å². The van der Waals surface area contributed by atoms with Gasteiger partial charge in [0.1, 0.15) is 5.52 Å². The summed E-state index contributed by atoms with van der Waals surface area (Å²) in [6.07, 6.45) is 0. The monoisotopic (exact) mass is 460 g/mol. The zero-order valence-corrected chi connectivity index (χ0v) is 17.7. The van der Waals surface area contributed by atoms with E-state index in [-0.39, 0.29) is 22.4 Å². The number of nitrogens with one attached hydrogen (secondary N) is 1. The smallest absolute Gasteiger partial charge is 0.255 e. The number of oxazole rings is 1. The van der Waals surface area contributed by atoms with Crippen molar-refractivity contribution in [1.29, 1.82) is 0 Å².